The summed E-state index contributed by atoms with van der Waals surface area (Å²) in [4.78, 5) is 25.2. The first-order chi connectivity index (χ1) is 10.5. The average molecular weight is 317 g/mol. The first-order valence-corrected chi connectivity index (χ1v) is 6.37. The molecule has 0 bridgehead atoms. The van der Waals surface area contributed by atoms with E-state index < -0.39 is 11.0 Å². The number of anilines is 2. The van der Waals surface area contributed by atoms with Gasteiger partial charge in [-0.1, -0.05) is 23.7 Å². The van der Waals surface area contributed by atoms with Gasteiger partial charge in [0, 0.05) is 17.4 Å². The van der Waals surface area contributed by atoms with Crippen LogP contribution >= 0.6 is 11.6 Å². The van der Waals surface area contributed by atoms with Crippen molar-refractivity contribution in [2.45, 2.75) is 0 Å². The maximum atomic E-state index is 11.8. The van der Waals surface area contributed by atoms with E-state index in [1.807, 2.05) is 0 Å². The average Bonchev–Trinajstić information content (AvgIpc) is 2.49. The van der Waals surface area contributed by atoms with Crippen molar-refractivity contribution in [2.24, 2.45) is 0 Å². The van der Waals surface area contributed by atoms with Gasteiger partial charge in [-0.05, 0) is 24.3 Å². The highest BCUT2D eigenvalue weighted by molar-refractivity contribution is 6.32. The molecule has 2 aromatic rings. The van der Waals surface area contributed by atoms with E-state index in [9.17, 15) is 14.9 Å². The second kappa shape index (κ2) is 6.56. The Balaban J connectivity index is 2.10. The van der Waals surface area contributed by atoms with Gasteiger partial charge in [-0.25, -0.2) is 9.64 Å². The molecule has 0 heterocycles. The van der Waals surface area contributed by atoms with E-state index in [0.717, 1.165) is 6.07 Å². The van der Waals surface area contributed by atoms with E-state index in [1.165, 1.54) is 18.2 Å². The second-order valence-corrected chi connectivity index (χ2v) is 4.57. The zero-order chi connectivity index (χ0) is 16.1. The zero-order valence-corrected chi connectivity index (χ0v) is 11.8. The molecule has 0 saturated heterocycles. The summed E-state index contributed by atoms with van der Waals surface area (Å²) in [6.07, 6.45) is 0. The van der Waals surface area contributed by atoms with E-state index in [-0.39, 0.29) is 16.4 Å². The maximum absolute atomic E-state index is 11.8. The minimum Gasteiger partial charge on any atom is -0.309 e. The molecule has 2 aromatic carbocycles. The van der Waals surface area contributed by atoms with Crippen molar-refractivity contribution >= 4 is 40.4 Å². The van der Waals surface area contributed by atoms with Crippen molar-refractivity contribution in [3.63, 3.8) is 0 Å². The van der Waals surface area contributed by atoms with Crippen molar-refractivity contribution in [3.05, 3.63) is 69.0 Å². The van der Waals surface area contributed by atoms with Crippen LogP contribution in [0, 0.1) is 16.7 Å². The van der Waals surface area contributed by atoms with E-state index in [2.05, 4.69) is 15.5 Å². The third kappa shape index (κ3) is 3.71. The molecule has 0 saturated carbocycles. The predicted molar refractivity (Wildman–Crippen MR) is 83.5 cm³/mol. The highest BCUT2D eigenvalue weighted by Gasteiger charge is 2.13. The Morgan fingerprint density at radius 2 is 1.86 bits per heavy atom. The minimum atomic E-state index is -0.634. The van der Waals surface area contributed by atoms with Crippen LogP contribution in [0.2, 0.25) is 5.02 Å². The highest BCUT2D eigenvalue weighted by Crippen LogP contribution is 2.27. The number of urea groups is 1. The standard InChI is InChI=1S/C14H9ClN4O3/c1-16-9-3-2-4-10(7-9)17-14(20)18-11-5-6-12(15)13(8-11)19(21)22/h2-8H,(H2,17,18,20). The lowest BCUT2D eigenvalue weighted by Crippen LogP contribution is -2.19. The van der Waals surface area contributed by atoms with Gasteiger partial charge in [0.2, 0.25) is 0 Å². The van der Waals surface area contributed by atoms with Crippen LogP contribution in [-0.4, -0.2) is 11.0 Å². The number of nitro groups is 1. The molecule has 2 amide bonds. The Kier molecular flexibility index (Phi) is 4.56. The fourth-order valence-corrected chi connectivity index (χ4v) is 1.86. The fourth-order valence-electron chi connectivity index (χ4n) is 1.68. The number of nitro benzene ring substituents is 1. The smallest absolute Gasteiger partial charge is 0.309 e. The number of hydrogen-bond acceptors (Lipinski definition) is 3. The summed E-state index contributed by atoms with van der Waals surface area (Å²) in [6.45, 7) is 6.91. The Morgan fingerprint density at radius 1 is 1.18 bits per heavy atom. The van der Waals surface area contributed by atoms with Crippen molar-refractivity contribution in [2.75, 3.05) is 10.6 Å². The molecule has 22 heavy (non-hydrogen) atoms. The number of rotatable bonds is 3. The molecule has 0 fully saturated rings. The van der Waals surface area contributed by atoms with Crippen molar-refractivity contribution < 1.29 is 9.72 Å². The summed E-state index contributed by atoms with van der Waals surface area (Å²) in [6, 6.07) is 9.74. The lowest BCUT2D eigenvalue weighted by molar-refractivity contribution is -0.384. The minimum absolute atomic E-state index is 0.0132. The number of benzene rings is 2. The highest BCUT2D eigenvalue weighted by atomic mass is 35.5. The first kappa shape index (κ1) is 15.3. The van der Waals surface area contributed by atoms with Crippen molar-refractivity contribution in [1.82, 2.24) is 0 Å². The van der Waals surface area contributed by atoms with Crippen molar-refractivity contribution in [1.29, 1.82) is 0 Å². The van der Waals surface area contributed by atoms with Crippen molar-refractivity contribution in [3.8, 4) is 0 Å². The van der Waals surface area contributed by atoms with Crippen LogP contribution in [0.4, 0.5) is 27.5 Å². The molecule has 0 aliphatic carbocycles. The number of halogens is 1. The molecule has 0 aliphatic heterocycles. The zero-order valence-electron chi connectivity index (χ0n) is 11.0. The molecule has 2 N–H and O–H groups in total. The van der Waals surface area contributed by atoms with E-state index in [4.69, 9.17) is 18.2 Å². The van der Waals surface area contributed by atoms with Gasteiger partial charge in [0.25, 0.3) is 5.69 Å². The van der Waals surface area contributed by atoms with Crippen LogP contribution in [0.25, 0.3) is 4.85 Å². The molecule has 7 nitrogen and oxygen atoms in total. The van der Waals surface area contributed by atoms with Crippen LogP contribution in [0.15, 0.2) is 42.5 Å². The van der Waals surface area contributed by atoms with Crippen LogP contribution in [0.3, 0.4) is 0 Å². The third-order valence-electron chi connectivity index (χ3n) is 2.63. The Morgan fingerprint density at radius 3 is 2.50 bits per heavy atom. The predicted octanol–water partition coefficient (Wildman–Crippen LogP) is 4.44. The molecular formula is C14H9ClN4O3. The van der Waals surface area contributed by atoms with Gasteiger partial charge in [0.15, 0.2) is 5.69 Å². The summed E-state index contributed by atoms with van der Waals surface area (Å²) in [7, 11) is 0. The quantitative estimate of drug-likeness (QED) is 0.498. The molecule has 110 valence electrons. The molecule has 0 aliphatic rings. The molecule has 2 rings (SSSR count). The lowest BCUT2D eigenvalue weighted by Gasteiger charge is -2.08. The normalized spacial score (nSPS) is 9.64. The number of nitrogens with zero attached hydrogens (tertiary/aromatic N) is 2. The van der Waals surface area contributed by atoms with E-state index in [0.29, 0.717) is 11.4 Å². The van der Waals surface area contributed by atoms with Gasteiger partial charge in [-0.2, -0.15) is 0 Å². The Bertz CT molecular complexity index is 786. The lowest BCUT2D eigenvalue weighted by atomic mass is 10.2. The number of hydrogen-bond donors (Lipinski definition) is 2. The van der Waals surface area contributed by atoms with Crippen LogP contribution in [0.1, 0.15) is 0 Å². The largest absolute Gasteiger partial charge is 0.323 e. The molecule has 0 spiro atoms. The molecule has 0 unspecified atom stereocenters. The Hall–Kier alpha value is -3.11. The third-order valence-corrected chi connectivity index (χ3v) is 2.95. The van der Waals surface area contributed by atoms with Crippen LogP contribution < -0.4 is 10.6 Å². The van der Waals surface area contributed by atoms with Crippen LogP contribution in [0.5, 0.6) is 0 Å². The summed E-state index contributed by atoms with van der Waals surface area (Å²) in [5.74, 6) is 0. The molecule has 0 radical (unpaired) electrons. The van der Waals surface area contributed by atoms with Gasteiger partial charge in [-0.15, -0.1) is 0 Å². The molecule has 8 heteroatoms. The fraction of sp³-hybridized carbons (Fsp3) is 0. The first-order valence-electron chi connectivity index (χ1n) is 5.99. The van der Waals surface area contributed by atoms with Crippen LogP contribution in [-0.2, 0) is 0 Å². The van der Waals surface area contributed by atoms with Gasteiger partial charge in [0.1, 0.15) is 5.02 Å². The SMILES string of the molecule is [C-]#[N+]c1cccc(NC(=O)Nc2ccc(Cl)c([N+](=O)[O-])c2)c1. The summed E-state index contributed by atoms with van der Waals surface area (Å²) < 4.78 is 0. The maximum Gasteiger partial charge on any atom is 0.323 e. The monoisotopic (exact) mass is 316 g/mol. The van der Waals surface area contributed by atoms with Gasteiger partial charge in [0.05, 0.1) is 11.5 Å². The number of nitrogens with one attached hydrogen (secondary N) is 2. The van der Waals surface area contributed by atoms with E-state index in [1.54, 1.807) is 18.2 Å². The topological polar surface area (TPSA) is 88.6 Å². The summed E-state index contributed by atoms with van der Waals surface area (Å²) >= 11 is 5.69. The molecular weight excluding hydrogens is 308 g/mol. The molecule has 0 aromatic heterocycles. The Labute approximate surface area is 130 Å². The second-order valence-electron chi connectivity index (χ2n) is 4.16. The summed E-state index contributed by atoms with van der Waals surface area (Å²) in [5, 5.41) is 15.8. The van der Waals surface area contributed by atoms with Gasteiger partial charge < -0.3 is 10.6 Å². The molecule has 0 atom stereocenters. The number of amides is 2. The van der Waals surface area contributed by atoms with Gasteiger partial charge >= 0.3 is 6.03 Å². The number of carbonyl (C=O) groups is 1. The summed E-state index contributed by atoms with van der Waals surface area (Å²) in [5.41, 5.74) is 0.763. The van der Waals surface area contributed by atoms with Gasteiger partial charge in [-0.3, -0.25) is 10.1 Å². The number of carbonyl (C=O) groups excluding carboxylic acids is 1. The van der Waals surface area contributed by atoms with E-state index >= 15 is 0 Å².